The number of nitrogens with zero attached hydrogens (tertiary/aromatic N) is 4. The molecule has 1 saturated heterocycles. The number of hydrogen-bond acceptors (Lipinski definition) is 3. The number of rotatable bonds is 2. The van der Waals surface area contributed by atoms with Crippen LogP contribution in [0.3, 0.4) is 0 Å². The van der Waals surface area contributed by atoms with Gasteiger partial charge in [0.25, 0.3) is 0 Å². The predicted molar refractivity (Wildman–Crippen MR) is 72.1 cm³/mol. The summed E-state index contributed by atoms with van der Waals surface area (Å²) in [5, 5.41) is 3.44. The van der Waals surface area contributed by atoms with Gasteiger partial charge < -0.3 is 4.90 Å². The highest BCUT2D eigenvalue weighted by Crippen LogP contribution is 2.28. The first-order valence-corrected chi connectivity index (χ1v) is 6.90. The zero-order valence-corrected chi connectivity index (χ0v) is 12.3. The molecule has 0 radical (unpaired) electrons. The van der Waals surface area contributed by atoms with Crippen LogP contribution in [-0.2, 0) is 18.0 Å². The van der Waals surface area contributed by atoms with E-state index in [0.717, 1.165) is 11.7 Å². The number of aromatic nitrogens is 3. The minimum absolute atomic E-state index is 0.134. The lowest BCUT2D eigenvalue weighted by Crippen LogP contribution is -2.40. The maximum absolute atomic E-state index is 12.8. The second-order valence-corrected chi connectivity index (χ2v) is 5.16. The highest BCUT2D eigenvalue weighted by molar-refractivity contribution is 5.87. The third kappa shape index (κ3) is 3.07. The number of allylic oxidation sites excluding steroid dienone is 1. The van der Waals surface area contributed by atoms with E-state index in [9.17, 15) is 22.8 Å². The zero-order valence-electron chi connectivity index (χ0n) is 12.3. The summed E-state index contributed by atoms with van der Waals surface area (Å²) >= 11 is 0. The standard InChI is InChI=1S/C13H17F3N4O2/c1-3-4-10(21)19-7-5-9(6-8-19)20-12(22)18(2)11(17-20)13(14,15)16/h3-4,9H,5-8H2,1-2H3/b4-3+. The maximum Gasteiger partial charge on any atom is 0.451 e. The first-order valence-electron chi connectivity index (χ1n) is 6.90. The van der Waals surface area contributed by atoms with Crippen LogP contribution in [0.1, 0.15) is 31.6 Å². The summed E-state index contributed by atoms with van der Waals surface area (Å²) < 4.78 is 39.7. The molecule has 22 heavy (non-hydrogen) atoms. The molecule has 0 N–H and O–H groups in total. The van der Waals surface area contributed by atoms with Gasteiger partial charge >= 0.3 is 11.9 Å². The number of carbonyl (C=O) groups is 1. The van der Waals surface area contributed by atoms with E-state index in [1.54, 1.807) is 17.9 Å². The van der Waals surface area contributed by atoms with Crippen molar-refractivity contribution >= 4 is 5.91 Å². The monoisotopic (exact) mass is 318 g/mol. The Labute approximate surface area is 124 Å². The van der Waals surface area contributed by atoms with E-state index >= 15 is 0 Å². The molecule has 0 aromatic carbocycles. The van der Waals surface area contributed by atoms with Crippen molar-refractivity contribution in [3.05, 3.63) is 28.5 Å². The van der Waals surface area contributed by atoms with Crippen molar-refractivity contribution in [2.75, 3.05) is 13.1 Å². The molecular weight excluding hydrogens is 301 g/mol. The predicted octanol–water partition coefficient (Wildman–Crippen LogP) is 1.34. The highest BCUT2D eigenvalue weighted by atomic mass is 19.4. The Balaban J connectivity index is 2.16. The number of halogens is 3. The van der Waals surface area contributed by atoms with Gasteiger partial charge in [-0.25, -0.2) is 9.48 Å². The van der Waals surface area contributed by atoms with Gasteiger partial charge in [-0.1, -0.05) is 6.08 Å². The number of hydrogen-bond donors (Lipinski definition) is 0. The molecule has 0 spiro atoms. The third-order valence-corrected chi connectivity index (χ3v) is 3.69. The first-order chi connectivity index (χ1) is 10.3. The van der Waals surface area contributed by atoms with Crippen LogP contribution in [0.15, 0.2) is 16.9 Å². The van der Waals surface area contributed by atoms with Gasteiger partial charge in [0.05, 0.1) is 6.04 Å². The number of piperidine rings is 1. The summed E-state index contributed by atoms with van der Waals surface area (Å²) in [6, 6.07) is -0.426. The Morgan fingerprint density at radius 3 is 2.36 bits per heavy atom. The minimum atomic E-state index is -4.66. The first kappa shape index (κ1) is 16.3. The lowest BCUT2D eigenvalue weighted by atomic mass is 10.1. The molecule has 6 nitrogen and oxygen atoms in total. The average Bonchev–Trinajstić information content (AvgIpc) is 2.76. The third-order valence-electron chi connectivity index (χ3n) is 3.69. The average molecular weight is 318 g/mol. The molecule has 0 saturated carbocycles. The molecule has 0 bridgehead atoms. The Kier molecular flexibility index (Phi) is 4.43. The molecule has 0 atom stereocenters. The van der Waals surface area contributed by atoms with Gasteiger partial charge in [0.2, 0.25) is 11.7 Å². The van der Waals surface area contributed by atoms with Gasteiger partial charge in [-0.05, 0) is 25.8 Å². The Morgan fingerprint density at radius 1 is 1.32 bits per heavy atom. The summed E-state index contributed by atoms with van der Waals surface area (Å²) in [7, 11) is 1.05. The summed E-state index contributed by atoms with van der Waals surface area (Å²) in [4.78, 5) is 25.2. The van der Waals surface area contributed by atoms with E-state index in [2.05, 4.69) is 5.10 Å². The molecule has 1 aliphatic rings. The van der Waals surface area contributed by atoms with E-state index in [4.69, 9.17) is 0 Å². The van der Waals surface area contributed by atoms with Gasteiger partial charge in [-0.3, -0.25) is 9.36 Å². The summed E-state index contributed by atoms with van der Waals surface area (Å²) in [6.07, 6.45) is -0.793. The quantitative estimate of drug-likeness (QED) is 0.773. The SMILES string of the molecule is C/C=C/C(=O)N1CCC(n2nc(C(F)(F)F)n(C)c2=O)CC1. The normalized spacial score (nSPS) is 17.4. The Bertz CT molecular complexity index is 637. The van der Waals surface area contributed by atoms with Crippen LogP contribution in [0.4, 0.5) is 13.2 Å². The molecule has 0 aliphatic carbocycles. The second kappa shape index (κ2) is 5.98. The van der Waals surface area contributed by atoms with Gasteiger partial charge in [-0.2, -0.15) is 13.2 Å². The molecule has 1 aliphatic heterocycles. The molecule has 1 aromatic rings. The largest absolute Gasteiger partial charge is 0.451 e. The van der Waals surface area contributed by atoms with Crippen LogP contribution in [0, 0.1) is 0 Å². The van der Waals surface area contributed by atoms with Crippen LogP contribution >= 0.6 is 0 Å². The molecule has 2 heterocycles. The Morgan fingerprint density at radius 2 is 1.91 bits per heavy atom. The van der Waals surface area contributed by atoms with Crippen molar-refractivity contribution in [3.8, 4) is 0 Å². The molecule has 1 amide bonds. The lowest BCUT2D eigenvalue weighted by Gasteiger charge is -2.30. The molecule has 122 valence electrons. The number of carbonyl (C=O) groups excluding carboxylic acids is 1. The molecular formula is C13H17F3N4O2. The Hall–Kier alpha value is -2.06. The zero-order chi connectivity index (χ0) is 16.5. The van der Waals surface area contributed by atoms with Gasteiger partial charge in [-0.15, -0.1) is 5.10 Å². The fourth-order valence-electron chi connectivity index (χ4n) is 2.52. The fraction of sp³-hybridized carbons (Fsp3) is 0.615. The van der Waals surface area contributed by atoms with Crippen molar-refractivity contribution in [2.24, 2.45) is 7.05 Å². The van der Waals surface area contributed by atoms with Crippen molar-refractivity contribution in [2.45, 2.75) is 32.0 Å². The summed E-state index contributed by atoms with van der Waals surface area (Å²) in [5.41, 5.74) is -0.787. The smallest absolute Gasteiger partial charge is 0.339 e. The fourth-order valence-corrected chi connectivity index (χ4v) is 2.52. The molecule has 2 rings (SSSR count). The van der Waals surface area contributed by atoms with E-state index in [1.165, 1.54) is 6.08 Å². The number of alkyl halides is 3. The number of amides is 1. The van der Waals surface area contributed by atoms with Crippen LogP contribution in [-0.4, -0.2) is 38.2 Å². The molecule has 1 fully saturated rings. The van der Waals surface area contributed by atoms with Gasteiger partial charge in [0, 0.05) is 20.1 Å². The second-order valence-electron chi connectivity index (χ2n) is 5.16. The van der Waals surface area contributed by atoms with Crippen molar-refractivity contribution in [3.63, 3.8) is 0 Å². The van der Waals surface area contributed by atoms with E-state index < -0.39 is 23.7 Å². The topological polar surface area (TPSA) is 60.1 Å². The van der Waals surface area contributed by atoms with Crippen LogP contribution < -0.4 is 5.69 Å². The minimum Gasteiger partial charge on any atom is -0.339 e. The van der Waals surface area contributed by atoms with Gasteiger partial charge in [0.15, 0.2) is 0 Å². The molecule has 0 unspecified atom stereocenters. The van der Waals surface area contributed by atoms with E-state index in [1.807, 2.05) is 0 Å². The molecule has 1 aromatic heterocycles. The van der Waals surface area contributed by atoms with Crippen molar-refractivity contribution < 1.29 is 18.0 Å². The van der Waals surface area contributed by atoms with Crippen LogP contribution in [0.5, 0.6) is 0 Å². The van der Waals surface area contributed by atoms with E-state index in [-0.39, 0.29) is 5.91 Å². The highest BCUT2D eigenvalue weighted by Gasteiger charge is 2.39. The van der Waals surface area contributed by atoms with Crippen LogP contribution in [0.25, 0.3) is 0 Å². The molecule has 9 heteroatoms. The lowest BCUT2D eigenvalue weighted by molar-refractivity contribution is -0.147. The van der Waals surface area contributed by atoms with Crippen molar-refractivity contribution in [1.82, 2.24) is 19.2 Å². The number of likely N-dealkylation sites (tertiary alicyclic amines) is 1. The van der Waals surface area contributed by atoms with Crippen molar-refractivity contribution in [1.29, 1.82) is 0 Å². The van der Waals surface area contributed by atoms with Crippen LogP contribution in [0.2, 0.25) is 0 Å². The maximum atomic E-state index is 12.8. The van der Waals surface area contributed by atoms with E-state index in [0.29, 0.717) is 30.5 Å². The summed E-state index contributed by atoms with van der Waals surface area (Å²) in [6.45, 7) is 2.51. The van der Waals surface area contributed by atoms with Gasteiger partial charge in [0.1, 0.15) is 0 Å². The summed E-state index contributed by atoms with van der Waals surface area (Å²) in [5.74, 6) is -1.34.